The van der Waals surface area contributed by atoms with Crippen molar-refractivity contribution in [2.24, 2.45) is 0 Å². The summed E-state index contributed by atoms with van der Waals surface area (Å²) >= 11 is 0. The van der Waals surface area contributed by atoms with Crippen molar-refractivity contribution < 1.29 is 9.53 Å². The second-order valence-corrected chi connectivity index (χ2v) is 7.13. The molecule has 0 bridgehead atoms. The lowest BCUT2D eigenvalue weighted by molar-refractivity contribution is 0.0900. The van der Waals surface area contributed by atoms with Crippen molar-refractivity contribution in [3.8, 4) is 17.0 Å². The smallest absolute Gasteiger partial charge is 0.269 e. The molecule has 2 aromatic carbocycles. The molecule has 28 heavy (non-hydrogen) atoms. The Morgan fingerprint density at radius 3 is 2.68 bits per heavy atom. The first-order chi connectivity index (χ1) is 13.5. The average molecular weight is 376 g/mol. The molecule has 1 atom stereocenters. The fraction of sp³-hybridized carbons (Fsp3) is 0.273. The van der Waals surface area contributed by atoms with Crippen molar-refractivity contribution in [1.82, 2.24) is 20.4 Å². The molecule has 0 saturated heterocycles. The third kappa shape index (κ3) is 3.51. The van der Waals surface area contributed by atoms with Gasteiger partial charge in [0.15, 0.2) is 0 Å². The van der Waals surface area contributed by atoms with Gasteiger partial charge in [-0.25, -0.2) is 4.68 Å². The van der Waals surface area contributed by atoms with Crippen molar-refractivity contribution in [3.63, 3.8) is 0 Å². The van der Waals surface area contributed by atoms with Crippen molar-refractivity contribution in [2.45, 2.75) is 26.6 Å². The van der Waals surface area contributed by atoms with Crippen molar-refractivity contribution in [2.75, 3.05) is 13.7 Å². The molecule has 4 rings (SSSR count). The number of methoxy groups -OCH3 is 1. The number of nitrogens with one attached hydrogen (secondary N) is 2. The number of carbonyl (C=O) groups is 1. The van der Waals surface area contributed by atoms with Crippen LogP contribution in [0, 0.1) is 13.8 Å². The third-order valence-electron chi connectivity index (χ3n) is 5.08. The number of carbonyl (C=O) groups excluding carboxylic acids is 1. The van der Waals surface area contributed by atoms with Gasteiger partial charge < -0.3 is 10.1 Å². The van der Waals surface area contributed by atoms with Crippen LogP contribution in [0.3, 0.4) is 0 Å². The van der Waals surface area contributed by atoms with Gasteiger partial charge in [0.1, 0.15) is 17.6 Å². The first-order valence-electron chi connectivity index (χ1n) is 9.37. The molecule has 1 aliphatic heterocycles. The largest absolute Gasteiger partial charge is 0.497 e. The number of fused-ring (bicyclic) bond motifs is 1. The van der Waals surface area contributed by atoms with E-state index in [0.717, 1.165) is 28.1 Å². The van der Waals surface area contributed by atoms with Gasteiger partial charge in [-0.15, -0.1) is 0 Å². The van der Waals surface area contributed by atoms with Gasteiger partial charge in [0.25, 0.3) is 5.91 Å². The van der Waals surface area contributed by atoms with Gasteiger partial charge in [-0.05, 0) is 43.2 Å². The zero-order chi connectivity index (χ0) is 19.7. The summed E-state index contributed by atoms with van der Waals surface area (Å²) in [4.78, 5) is 12.3. The van der Waals surface area contributed by atoms with Gasteiger partial charge in [0.2, 0.25) is 0 Å². The van der Waals surface area contributed by atoms with Gasteiger partial charge in [-0.1, -0.05) is 35.9 Å². The topological polar surface area (TPSA) is 68.2 Å². The van der Waals surface area contributed by atoms with Crippen LogP contribution in [0.15, 0.2) is 48.5 Å². The number of ether oxygens (including phenoxy) is 1. The molecule has 3 aromatic rings. The highest BCUT2D eigenvalue weighted by atomic mass is 16.5. The maximum Gasteiger partial charge on any atom is 0.269 e. The Balaban J connectivity index is 1.58. The number of benzene rings is 2. The summed E-state index contributed by atoms with van der Waals surface area (Å²) in [5, 5.41) is 11.2. The molecule has 2 N–H and O–H groups in total. The summed E-state index contributed by atoms with van der Waals surface area (Å²) in [6, 6.07) is 16.1. The lowest BCUT2D eigenvalue weighted by Crippen LogP contribution is -2.45. The molecule has 0 aliphatic carbocycles. The Morgan fingerprint density at radius 1 is 1.18 bits per heavy atom. The maximum atomic E-state index is 12.3. The van der Waals surface area contributed by atoms with E-state index >= 15 is 0 Å². The molecule has 0 saturated carbocycles. The number of amides is 1. The molecular weight excluding hydrogens is 352 g/mol. The van der Waals surface area contributed by atoms with Gasteiger partial charge in [0, 0.05) is 12.1 Å². The number of hydrogen-bond donors (Lipinski definition) is 2. The predicted octanol–water partition coefficient (Wildman–Crippen LogP) is 3.21. The number of rotatable bonds is 5. The molecule has 1 aliphatic rings. The summed E-state index contributed by atoms with van der Waals surface area (Å²) in [5.41, 5.74) is 5.95. The summed E-state index contributed by atoms with van der Waals surface area (Å²) in [6.07, 6.45) is -0.102. The Morgan fingerprint density at radius 2 is 1.96 bits per heavy atom. The Kier molecular flexibility index (Phi) is 4.88. The van der Waals surface area contributed by atoms with Gasteiger partial charge in [-0.3, -0.25) is 10.1 Å². The van der Waals surface area contributed by atoms with E-state index in [1.54, 1.807) is 11.8 Å². The van der Waals surface area contributed by atoms with E-state index in [1.165, 1.54) is 5.56 Å². The van der Waals surface area contributed by atoms with Crippen LogP contribution in [0.5, 0.6) is 5.75 Å². The van der Waals surface area contributed by atoms with E-state index in [1.807, 2.05) is 30.3 Å². The quantitative estimate of drug-likeness (QED) is 0.718. The first kappa shape index (κ1) is 18.3. The maximum absolute atomic E-state index is 12.3. The van der Waals surface area contributed by atoms with Gasteiger partial charge >= 0.3 is 0 Å². The summed E-state index contributed by atoms with van der Waals surface area (Å²) in [6.45, 7) is 5.31. The summed E-state index contributed by atoms with van der Waals surface area (Å²) < 4.78 is 7.00. The number of aryl methyl sites for hydroxylation is 2. The van der Waals surface area contributed by atoms with E-state index in [0.29, 0.717) is 18.8 Å². The minimum Gasteiger partial charge on any atom is -0.497 e. The van der Waals surface area contributed by atoms with Crippen LogP contribution in [0.2, 0.25) is 0 Å². The molecule has 1 unspecified atom stereocenters. The van der Waals surface area contributed by atoms with E-state index in [2.05, 4.69) is 42.7 Å². The number of nitrogens with zero attached hydrogens (tertiary/aromatic N) is 2. The fourth-order valence-electron chi connectivity index (χ4n) is 3.54. The second-order valence-electron chi connectivity index (χ2n) is 7.13. The summed E-state index contributed by atoms with van der Waals surface area (Å²) in [5.74, 6) is 0.743. The molecular formula is C22H24N4O2. The standard InChI is InChI=1S/C22H24N4O2/c1-14-4-9-18(15(2)10-14)19-11-20-22(27)24-13-21(26(20)25-19)23-12-16-5-7-17(28-3)8-6-16/h4-11,21,23H,12-13H2,1-3H3,(H,24,27). The minimum absolute atomic E-state index is 0.0917. The van der Waals surface area contributed by atoms with Gasteiger partial charge in [-0.2, -0.15) is 5.10 Å². The van der Waals surface area contributed by atoms with Crippen LogP contribution in [0.25, 0.3) is 11.3 Å². The van der Waals surface area contributed by atoms with Gasteiger partial charge in [0.05, 0.1) is 19.3 Å². The molecule has 6 heteroatoms. The normalized spacial score (nSPS) is 15.8. The molecule has 6 nitrogen and oxygen atoms in total. The molecule has 144 valence electrons. The highest BCUT2D eigenvalue weighted by molar-refractivity contribution is 5.94. The Labute approximate surface area is 164 Å². The van der Waals surface area contributed by atoms with E-state index in [-0.39, 0.29) is 12.1 Å². The van der Waals surface area contributed by atoms with Crippen molar-refractivity contribution >= 4 is 5.91 Å². The fourth-order valence-corrected chi connectivity index (χ4v) is 3.54. The second kappa shape index (κ2) is 7.48. The van der Waals surface area contributed by atoms with Crippen LogP contribution in [-0.4, -0.2) is 29.3 Å². The van der Waals surface area contributed by atoms with Crippen molar-refractivity contribution in [1.29, 1.82) is 0 Å². The number of aromatic nitrogens is 2. The molecule has 1 aromatic heterocycles. The van der Waals surface area contributed by atoms with Crippen LogP contribution >= 0.6 is 0 Å². The van der Waals surface area contributed by atoms with Crippen molar-refractivity contribution in [3.05, 3.63) is 70.9 Å². The van der Waals surface area contributed by atoms with E-state index in [4.69, 9.17) is 9.84 Å². The van der Waals surface area contributed by atoms with Crippen LogP contribution in [-0.2, 0) is 6.54 Å². The highest BCUT2D eigenvalue weighted by Crippen LogP contribution is 2.26. The van der Waals surface area contributed by atoms with E-state index in [9.17, 15) is 4.79 Å². The lowest BCUT2D eigenvalue weighted by atomic mass is 10.0. The third-order valence-corrected chi connectivity index (χ3v) is 5.08. The molecule has 1 amide bonds. The zero-order valence-electron chi connectivity index (χ0n) is 16.3. The predicted molar refractivity (Wildman–Crippen MR) is 108 cm³/mol. The molecule has 0 fully saturated rings. The highest BCUT2D eigenvalue weighted by Gasteiger charge is 2.27. The monoisotopic (exact) mass is 376 g/mol. The zero-order valence-corrected chi connectivity index (χ0v) is 16.3. The Bertz CT molecular complexity index is 1010. The average Bonchev–Trinajstić information content (AvgIpc) is 3.14. The SMILES string of the molecule is COc1ccc(CNC2CNC(=O)c3cc(-c4ccc(C)cc4C)nn32)cc1. The minimum atomic E-state index is -0.102. The van der Waals surface area contributed by atoms with E-state index < -0.39 is 0 Å². The molecule has 0 radical (unpaired) electrons. The number of hydrogen-bond acceptors (Lipinski definition) is 4. The van der Waals surface area contributed by atoms with Crippen LogP contribution in [0.4, 0.5) is 0 Å². The summed E-state index contributed by atoms with van der Waals surface area (Å²) in [7, 11) is 1.66. The Hall–Kier alpha value is -3.12. The lowest BCUT2D eigenvalue weighted by Gasteiger charge is -2.25. The molecule has 2 heterocycles. The first-order valence-corrected chi connectivity index (χ1v) is 9.37. The van der Waals surface area contributed by atoms with Crippen LogP contribution < -0.4 is 15.4 Å². The molecule has 0 spiro atoms. The van der Waals surface area contributed by atoms with Crippen LogP contribution in [0.1, 0.15) is 33.3 Å².